The predicted octanol–water partition coefficient (Wildman–Crippen LogP) is 3.14. The summed E-state index contributed by atoms with van der Waals surface area (Å²) in [6, 6.07) is 10.1. The van der Waals surface area contributed by atoms with Gasteiger partial charge < -0.3 is 9.88 Å². The highest BCUT2D eigenvalue weighted by Crippen LogP contribution is 2.21. The van der Waals surface area contributed by atoms with Crippen LogP contribution >= 0.6 is 11.6 Å². The van der Waals surface area contributed by atoms with Crippen molar-refractivity contribution in [2.24, 2.45) is 0 Å². The fraction of sp³-hybridized carbons (Fsp3) is 0.333. The Labute approximate surface area is 146 Å². The molecule has 1 aromatic carbocycles. The Morgan fingerprint density at radius 3 is 3.08 bits per heavy atom. The summed E-state index contributed by atoms with van der Waals surface area (Å²) >= 11 is 6.26. The zero-order chi connectivity index (χ0) is 16.4. The summed E-state index contributed by atoms with van der Waals surface area (Å²) in [5.74, 6) is 0.919. The van der Waals surface area contributed by atoms with Gasteiger partial charge in [0.1, 0.15) is 5.69 Å². The van der Waals surface area contributed by atoms with Crippen molar-refractivity contribution in [2.75, 3.05) is 6.54 Å². The molecule has 3 heterocycles. The third kappa shape index (κ3) is 3.09. The average molecular weight is 342 g/mol. The molecule has 0 bridgehead atoms. The van der Waals surface area contributed by atoms with E-state index in [9.17, 15) is 0 Å². The van der Waals surface area contributed by atoms with Gasteiger partial charge in [0.2, 0.25) is 0 Å². The predicted molar refractivity (Wildman–Crippen MR) is 94.9 cm³/mol. The molecule has 0 fully saturated rings. The second-order valence-corrected chi connectivity index (χ2v) is 6.47. The van der Waals surface area contributed by atoms with Gasteiger partial charge in [0, 0.05) is 37.1 Å². The van der Waals surface area contributed by atoms with Gasteiger partial charge in [0.15, 0.2) is 5.82 Å². The van der Waals surface area contributed by atoms with Gasteiger partial charge in [-0.3, -0.25) is 4.68 Å². The molecule has 2 aromatic heterocycles. The number of nitrogens with zero attached hydrogens (tertiary/aromatic N) is 4. The number of aromatic nitrogens is 4. The summed E-state index contributed by atoms with van der Waals surface area (Å²) in [6.07, 6.45) is 5.83. The zero-order valence-corrected chi connectivity index (χ0v) is 14.2. The molecule has 0 radical (unpaired) electrons. The Hall–Kier alpha value is -2.11. The minimum absolute atomic E-state index is 0.818. The van der Waals surface area contributed by atoms with Gasteiger partial charge >= 0.3 is 0 Å². The fourth-order valence-corrected chi connectivity index (χ4v) is 3.37. The van der Waals surface area contributed by atoms with Crippen LogP contribution in [0.25, 0.3) is 11.5 Å². The summed E-state index contributed by atoms with van der Waals surface area (Å²) in [4.78, 5) is 4.52. The van der Waals surface area contributed by atoms with Crippen LogP contribution < -0.4 is 5.32 Å². The summed E-state index contributed by atoms with van der Waals surface area (Å²) < 4.78 is 4.25. The number of fused-ring (bicyclic) bond motifs is 1. The highest BCUT2D eigenvalue weighted by Gasteiger charge is 2.15. The van der Waals surface area contributed by atoms with E-state index in [1.54, 1.807) is 0 Å². The van der Waals surface area contributed by atoms with E-state index in [0.29, 0.717) is 0 Å². The number of imidazole rings is 1. The van der Waals surface area contributed by atoms with Gasteiger partial charge in [-0.15, -0.1) is 0 Å². The second kappa shape index (κ2) is 6.79. The van der Waals surface area contributed by atoms with Crippen LogP contribution in [0.4, 0.5) is 0 Å². The molecule has 0 amide bonds. The maximum absolute atomic E-state index is 6.26. The summed E-state index contributed by atoms with van der Waals surface area (Å²) in [6.45, 7) is 3.71. The van der Waals surface area contributed by atoms with Crippen LogP contribution in [0.1, 0.15) is 17.7 Å². The van der Waals surface area contributed by atoms with E-state index >= 15 is 0 Å². The van der Waals surface area contributed by atoms with Crippen molar-refractivity contribution >= 4 is 11.6 Å². The molecule has 124 valence electrons. The molecular formula is C18H20ClN5. The molecule has 3 aromatic rings. The number of rotatable bonds is 4. The fourth-order valence-electron chi connectivity index (χ4n) is 3.14. The molecule has 0 atom stereocenters. The largest absolute Gasteiger partial charge is 0.329 e. The van der Waals surface area contributed by atoms with Crippen molar-refractivity contribution in [1.29, 1.82) is 0 Å². The molecule has 0 aliphatic carbocycles. The summed E-state index contributed by atoms with van der Waals surface area (Å²) in [5, 5.41) is 9.00. The van der Waals surface area contributed by atoms with Gasteiger partial charge in [-0.1, -0.05) is 29.8 Å². The van der Waals surface area contributed by atoms with Crippen molar-refractivity contribution in [3.8, 4) is 11.5 Å². The Balaban J connectivity index is 1.56. The van der Waals surface area contributed by atoms with Crippen LogP contribution in [0.3, 0.4) is 0 Å². The lowest BCUT2D eigenvalue weighted by Gasteiger charge is -2.07. The third-order valence-corrected chi connectivity index (χ3v) is 4.79. The van der Waals surface area contributed by atoms with Crippen molar-refractivity contribution in [1.82, 2.24) is 24.6 Å². The maximum Gasteiger partial charge on any atom is 0.160 e. The van der Waals surface area contributed by atoms with E-state index in [1.165, 1.54) is 5.69 Å². The molecule has 0 spiro atoms. The van der Waals surface area contributed by atoms with Gasteiger partial charge in [0.05, 0.1) is 5.69 Å². The van der Waals surface area contributed by atoms with Gasteiger partial charge in [-0.25, -0.2) is 4.98 Å². The van der Waals surface area contributed by atoms with Gasteiger partial charge in [-0.05, 0) is 37.1 Å². The number of benzene rings is 1. The topological polar surface area (TPSA) is 47.7 Å². The molecule has 0 saturated heterocycles. The van der Waals surface area contributed by atoms with Crippen LogP contribution in [0.2, 0.25) is 5.02 Å². The first-order valence-electron chi connectivity index (χ1n) is 8.33. The average Bonchev–Trinajstić information content (AvgIpc) is 3.16. The van der Waals surface area contributed by atoms with E-state index in [0.717, 1.165) is 61.1 Å². The number of hydrogen-bond acceptors (Lipinski definition) is 3. The normalized spacial score (nSPS) is 14.4. The Bertz CT molecular complexity index is 812. The number of aryl methyl sites for hydroxylation is 3. The first-order chi connectivity index (χ1) is 11.8. The second-order valence-electron chi connectivity index (χ2n) is 6.06. The molecule has 1 N–H and O–H groups in total. The minimum Gasteiger partial charge on any atom is -0.329 e. The van der Waals surface area contributed by atoms with E-state index in [-0.39, 0.29) is 0 Å². The number of hydrogen-bond donors (Lipinski definition) is 1. The molecule has 4 rings (SSSR count). The monoisotopic (exact) mass is 341 g/mol. The minimum atomic E-state index is 0.818. The van der Waals surface area contributed by atoms with Crippen molar-refractivity contribution in [2.45, 2.75) is 32.5 Å². The van der Waals surface area contributed by atoms with E-state index < -0.39 is 0 Å². The smallest absolute Gasteiger partial charge is 0.160 e. The van der Waals surface area contributed by atoms with E-state index in [2.05, 4.69) is 31.7 Å². The molecule has 6 heteroatoms. The van der Waals surface area contributed by atoms with Crippen LogP contribution in [0, 0.1) is 0 Å². The molecule has 24 heavy (non-hydrogen) atoms. The maximum atomic E-state index is 6.26. The standard InChI is InChI=1S/C18H20ClN5/c19-16-5-2-1-4-14(16)6-10-23-11-8-21-18(23)17-12-15-13-20-7-3-9-24(15)22-17/h1-2,4-5,8,11-12,20H,3,6-7,9-10,13H2. The van der Waals surface area contributed by atoms with Crippen LogP contribution in [0.5, 0.6) is 0 Å². The van der Waals surface area contributed by atoms with E-state index in [4.69, 9.17) is 16.7 Å². The van der Waals surface area contributed by atoms with Gasteiger partial charge in [-0.2, -0.15) is 5.10 Å². The Kier molecular flexibility index (Phi) is 4.36. The first kappa shape index (κ1) is 15.4. The van der Waals surface area contributed by atoms with Crippen LogP contribution in [-0.2, 0) is 26.1 Å². The molecule has 0 saturated carbocycles. The summed E-state index contributed by atoms with van der Waals surface area (Å²) in [5.41, 5.74) is 3.32. The quantitative estimate of drug-likeness (QED) is 0.793. The zero-order valence-electron chi connectivity index (χ0n) is 13.5. The van der Waals surface area contributed by atoms with Crippen molar-refractivity contribution < 1.29 is 0 Å². The van der Waals surface area contributed by atoms with Crippen LogP contribution in [0.15, 0.2) is 42.7 Å². The number of nitrogens with one attached hydrogen (secondary N) is 1. The lowest BCUT2D eigenvalue weighted by molar-refractivity contribution is 0.587. The molecular weight excluding hydrogens is 322 g/mol. The van der Waals surface area contributed by atoms with E-state index in [1.807, 2.05) is 30.6 Å². The SMILES string of the molecule is Clc1ccccc1CCn1ccnc1-c1cc2n(n1)CCCNC2. The number of halogens is 1. The van der Waals surface area contributed by atoms with Crippen LogP contribution in [-0.4, -0.2) is 25.9 Å². The van der Waals surface area contributed by atoms with Crippen molar-refractivity contribution in [3.05, 3.63) is 59.0 Å². The van der Waals surface area contributed by atoms with Crippen molar-refractivity contribution in [3.63, 3.8) is 0 Å². The molecule has 0 unspecified atom stereocenters. The third-order valence-electron chi connectivity index (χ3n) is 4.42. The highest BCUT2D eigenvalue weighted by atomic mass is 35.5. The van der Waals surface area contributed by atoms with Gasteiger partial charge in [0.25, 0.3) is 0 Å². The lowest BCUT2D eigenvalue weighted by atomic mass is 10.1. The molecule has 1 aliphatic heterocycles. The first-order valence-corrected chi connectivity index (χ1v) is 8.71. The summed E-state index contributed by atoms with van der Waals surface area (Å²) in [7, 11) is 0. The Morgan fingerprint density at radius 1 is 1.25 bits per heavy atom. The lowest BCUT2D eigenvalue weighted by Crippen LogP contribution is -2.11. The highest BCUT2D eigenvalue weighted by molar-refractivity contribution is 6.31. The molecule has 1 aliphatic rings. The Morgan fingerprint density at radius 2 is 2.17 bits per heavy atom. The molecule has 5 nitrogen and oxygen atoms in total.